The number of hydrogen-bond donors (Lipinski definition) is 0. The number of carbonyl (C=O) groups excluding carboxylic acids is 2. The second-order valence-corrected chi connectivity index (χ2v) is 7.03. The molecule has 3 aliphatic heterocycles. The summed E-state index contributed by atoms with van der Waals surface area (Å²) < 4.78 is 11.2. The number of benzene rings is 1. The number of nitrogens with zero attached hydrogens (tertiary/aromatic N) is 4. The van der Waals surface area contributed by atoms with Crippen LogP contribution in [-0.4, -0.2) is 67.6 Å². The molecule has 0 N–H and O–H groups in total. The molecule has 1 saturated heterocycles. The highest BCUT2D eigenvalue weighted by Crippen LogP contribution is 2.40. The van der Waals surface area contributed by atoms with Gasteiger partial charge in [-0.1, -0.05) is 0 Å². The van der Waals surface area contributed by atoms with E-state index in [9.17, 15) is 9.59 Å². The highest BCUT2D eigenvalue weighted by atomic mass is 16.6. The number of fused-ring (bicyclic) bond motifs is 2. The molecule has 8 heteroatoms. The molecular weight excluding hydrogens is 360 g/mol. The summed E-state index contributed by atoms with van der Waals surface area (Å²) >= 11 is 0. The van der Waals surface area contributed by atoms with E-state index in [4.69, 9.17) is 9.47 Å². The molecule has 2 aromatic rings. The number of aromatic nitrogens is 1. The van der Waals surface area contributed by atoms with Crippen LogP contribution in [-0.2, 0) is 4.79 Å². The molecule has 4 heterocycles. The van der Waals surface area contributed by atoms with E-state index < -0.39 is 11.7 Å². The van der Waals surface area contributed by atoms with Crippen LogP contribution in [0.1, 0.15) is 10.4 Å². The molecule has 0 aliphatic carbocycles. The molecule has 0 bridgehead atoms. The van der Waals surface area contributed by atoms with Gasteiger partial charge in [-0.25, -0.2) is 0 Å². The number of hydrogen-bond acceptors (Lipinski definition) is 7. The molecule has 1 amide bonds. The zero-order chi connectivity index (χ0) is 19.1. The Labute approximate surface area is 162 Å². The number of amides is 1. The smallest absolute Gasteiger partial charge is 0.300 e. The fourth-order valence-electron chi connectivity index (χ4n) is 3.87. The normalized spacial score (nSPS) is 19.1. The van der Waals surface area contributed by atoms with Crippen LogP contribution in [0.15, 0.2) is 36.7 Å². The van der Waals surface area contributed by atoms with Crippen LogP contribution in [0.3, 0.4) is 0 Å². The standard InChI is InChI=1S/C20H20N4O4/c25-19-15-11-17-18(28-10-9-27-17)12-16(15)24(20(19)26)13-22-5-7-23(8-6-22)14-1-3-21-4-2-14/h1-4,11-12H,5-10,13H2. The third kappa shape index (κ3) is 2.86. The van der Waals surface area contributed by atoms with Crippen molar-refractivity contribution >= 4 is 23.1 Å². The third-order valence-electron chi connectivity index (χ3n) is 5.38. The molecule has 0 radical (unpaired) electrons. The Balaban J connectivity index is 1.32. The van der Waals surface area contributed by atoms with Gasteiger partial charge < -0.3 is 14.4 Å². The topological polar surface area (TPSA) is 75.2 Å². The van der Waals surface area contributed by atoms with Gasteiger partial charge in [0, 0.05) is 50.3 Å². The van der Waals surface area contributed by atoms with Gasteiger partial charge in [-0.05, 0) is 18.2 Å². The van der Waals surface area contributed by atoms with Crippen molar-refractivity contribution in [2.75, 3.05) is 55.9 Å². The molecule has 0 atom stereocenters. The zero-order valence-corrected chi connectivity index (χ0v) is 15.3. The van der Waals surface area contributed by atoms with E-state index in [-0.39, 0.29) is 0 Å². The van der Waals surface area contributed by atoms with Crippen molar-refractivity contribution in [3.63, 3.8) is 0 Å². The molecule has 1 aromatic heterocycles. The lowest BCUT2D eigenvalue weighted by Crippen LogP contribution is -2.51. The maximum absolute atomic E-state index is 12.6. The molecular formula is C20H20N4O4. The van der Waals surface area contributed by atoms with Crippen LogP contribution in [0.5, 0.6) is 11.5 Å². The number of piperazine rings is 1. The Morgan fingerprint density at radius 1 is 0.929 bits per heavy atom. The summed E-state index contributed by atoms with van der Waals surface area (Å²) in [6, 6.07) is 7.38. The highest BCUT2D eigenvalue weighted by Gasteiger charge is 2.38. The second kappa shape index (κ2) is 6.79. The van der Waals surface area contributed by atoms with Crippen LogP contribution in [0.4, 0.5) is 11.4 Å². The van der Waals surface area contributed by atoms with Crippen LogP contribution >= 0.6 is 0 Å². The Bertz CT molecular complexity index is 925. The predicted molar refractivity (Wildman–Crippen MR) is 102 cm³/mol. The first-order valence-corrected chi connectivity index (χ1v) is 9.38. The van der Waals surface area contributed by atoms with Crippen LogP contribution in [0.2, 0.25) is 0 Å². The average molecular weight is 380 g/mol. The quantitative estimate of drug-likeness (QED) is 0.740. The molecule has 5 rings (SSSR count). The van der Waals surface area contributed by atoms with Crippen molar-refractivity contribution in [3.8, 4) is 11.5 Å². The molecule has 1 fully saturated rings. The van der Waals surface area contributed by atoms with E-state index in [1.165, 1.54) is 0 Å². The fraction of sp³-hybridized carbons (Fsp3) is 0.350. The molecule has 1 aromatic carbocycles. The van der Waals surface area contributed by atoms with Crippen molar-refractivity contribution in [1.29, 1.82) is 0 Å². The predicted octanol–water partition coefficient (Wildman–Crippen LogP) is 1.16. The van der Waals surface area contributed by atoms with E-state index >= 15 is 0 Å². The number of carbonyl (C=O) groups is 2. The van der Waals surface area contributed by atoms with Crippen LogP contribution in [0.25, 0.3) is 0 Å². The number of rotatable bonds is 3. The van der Waals surface area contributed by atoms with Crippen molar-refractivity contribution < 1.29 is 19.1 Å². The number of pyridine rings is 1. The van der Waals surface area contributed by atoms with E-state index in [2.05, 4.69) is 14.8 Å². The maximum atomic E-state index is 12.6. The summed E-state index contributed by atoms with van der Waals surface area (Å²) in [5.41, 5.74) is 2.15. The number of ketones is 1. The minimum atomic E-state index is -0.492. The highest BCUT2D eigenvalue weighted by molar-refractivity contribution is 6.52. The van der Waals surface area contributed by atoms with Gasteiger partial charge in [0.15, 0.2) is 11.5 Å². The van der Waals surface area contributed by atoms with Crippen molar-refractivity contribution in [2.24, 2.45) is 0 Å². The molecule has 0 unspecified atom stereocenters. The zero-order valence-electron chi connectivity index (χ0n) is 15.3. The minimum Gasteiger partial charge on any atom is -0.486 e. The second-order valence-electron chi connectivity index (χ2n) is 7.03. The van der Waals surface area contributed by atoms with Crippen LogP contribution < -0.4 is 19.3 Å². The number of ether oxygens (including phenoxy) is 2. The van der Waals surface area contributed by atoms with Gasteiger partial charge in [-0.3, -0.25) is 24.4 Å². The van der Waals surface area contributed by atoms with E-state index in [0.29, 0.717) is 42.6 Å². The molecule has 3 aliphatic rings. The van der Waals surface area contributed by atoms with Crippen molar-refractivity contribution in [1.82, 2.24) is 9.88 Å². The summed E-state index contributed by atoms with van der Waals surface area (Å²) in [6.07, 6.45) is 3.58. The summed E-state index contributed by atoms with van der Waals surface area (Å²) in [6.45, 7) is 4.62. The molecule has 144 valence electrons. The number of anilines is 2. The van der Waals surface area contributed by atoms with Gasteiger partial charge in [0.05, 0.1) is 17.9 Å². The monoisotopic (exact) mass is 380 g/mol. The van der Waals surface area contributed by atoms with Crippen molar-refractivity contribution in [3.05, 3.63) is 42.2 Å². The third-order valence-corrected chi connectivity index (χ3v) is 5.38. The van der Waals surface area contributed by atoms with E-state index in [1.807, 2.05) is 12.1 Å². The fourth-order valence-corrected chi connectivity index (χ4v) is 3.87. The molecule has 28 heavy (non-hydrogen) atoms. The lowest BCUT2D eigenvalue weighted by atomic mass is 10.1. The lowest BCUT2D eigenvalue weighted by Gasteiger charge is -2.37. The molecule has 0 saturated carbocycles. The summed E-state index contributed by atoms with van der Waals surface area (Å²) in [4.78, 5) is 35.1. The first-order chi connectivity index (χ1) is 13.7. The maximum Gasteiger partial charge on any atom is 0.300 e. The first-order valence-electron chi connectivity index (χ1n) is 9.38. The lowest BCUT2D eigenvalue weighted by molar-refractivity contribution is -0.114. The van der Waals surface area contributed by atoms with Crippen molar-refractivity contribution in [2.45, 2.75) is 0 Å². The van der Waals surface area contributed by atoms with Gasteiger partial charge in [0.2, 0.25) is 0 Å². The SMILES string of the molecule is O=C1C(=O)N(CN2CCN(c3ccncc3)CC2)c2cc3c(cc21)OCCO3. The summed E-state index contributed by atoms with van der Waals surface area (Å²) in [5.74, 6) is 0.135. The van der Waals surface area contributed by atoms with E-state index in [0.717, 1.165) is 31.9 Å². The Morgan fingerprint density at radius 2 is 1.61 bits per heavy atom. The summed E-state index contributed by atoms with van der Waals surface area (Å²) in [5, 5.41) is 0. The molecule has 8 nitrogen and oxygen atoms in total. The first kappa shape index (κ1) is 17.0. The van der Waals surface area contributed by atoms with Gasteiger partial charge in [0.25, 0.3) is 5.78 Å². The Kier molecular flexibility index (Phi) is 4.12. The largest absolute Gasteiger partial charge is 0.486 e. The van der Waals surface area contributed by atoms with Gasteiger partial charge in [-0.2, -0.15) is 0 Å². The minimum absolute atomic E-state index is 0.390. The Morgan fingerprint density at radius 3 is 2.32 bits per heavy atom. The van der Waals surface area contributed by atoms with E-state index in [1.54, 1.807) is 29.4 Å². The average Bonchev–Trinajstić information content (AvgIpc) is 2.98. The molecule has 0 spiro atoms. The summed E-state index contributed by atoms with van der Waals surface area (Å²) in [7, 11) is 0. The number of Topliss-reactive ketones (excluding diaryl/α,β-unsaturated/α-hetero) is 1. The van der Waals surface area contributed by atoms with Gasteiger partial charge >= 0.3 is 5.91 Å². The van der Waals surface area contributed by atoms with Gasteiger partial charge in [-0.15, -0.1) is 0 Å². The van der Waals surface area contributed by atoms with Gasteiger partial charge in [0.1, 0.15) is 13.2 Å². The van der Waals surface area contributed by atoms with Crippen LogP contribution in [0, 0.1) is 0 Å². The Hall–Kier alpha value is -3.13.